The van der Waals surface area contributed by atoms with Gasteiger partial charge in [0.25, 0.3) is 0 Å². The molecule has 3 N–H and O–H groups in total. The van der Waals surface area contributed by atoms with Crippen LogP contribution in [-0.2, 0) is 20.5 Å². The Labute approximate surface area is 204 Å². The van der Waals surface area contributed by atoms with Crippen molar-refractivity contribution in [3.05, 3.63) is 48.2 Å². The monoisotopic (exact) mass is 501 g/mol. The van der Waals surface area contributed by atoms with Gasteiger partial charge < -0.3 is 24.6 Å². The van der Waals surface area contributed by atoms with Crippen LogP contribution in [0.25, 0.3) is 10.4 Å². The van der Waals surface area contributed by atoms with Crippen LogP contribution >= 0.6 is 11.3 Å². The van der Waals surface area contributed by atoms with E-state index in [2.05, 4.69) is 15.0 Å². The molecular weight excluding hydrogens is 474 g/mol. The van der Waals surface area contributed by atoms with Crippen molar-refractivity contribution in [1.82, 2.24) is 4.98 Å². The van der Waals surface area contributed by atoms with Crippen molar-refractivity contribution < 1.29 is 23.6 Å². The lowest BCUT2D eigenvalue weighted by Gasteiger charge is -2.20. The number of hydrogen-bond donors (Lipinski definition) is 3. The van der Waals surface area contributed by atoms with Crippen molar-refractivity contribution in [2.24, 2.45) is 5.92 Å². The molecule has 1 aromatic heterocycles. The largest absolute Gasteiger partial charge is 0.508 e. The second-order valence-corrected chi connectivity index (χ2v) is 10.2. The summed E-state index contributed by atoms with van der Waals surface area (Å²) in [4.78, 5) is 18.4. The molecule has 1 aliphatic heterocycles. The van der Waals surface area contributed by atoms with E-state index in [0.29, 0.717) is 47.0 Å². The van der Waals surface area contributed by atoms with Crippen molar-refractivity contribution in [2.75, 3.05) is 30.4 Å². The van der Waals surface area contributed by atoms with Gasteiger partial charge in [0.1, 0.15) is 16.4 Å². The lowest BCUT2D eigenvalue weighted by Crippen LogP contribution is -2.22. The number of anilines is 2. The van der Waals surface area contributed by atoms with Crippen LogP contribution in [-0.4, -0.2) is 40.5 Å². The summed E-state index contributed by atoms with van der Waals surface area (Å²) in [6.07, 6.45) is 2.26. The number of carbonyl (C=O) groups excluding carboxylic acids is 1. The number of phenolic OH excluding ortho intramolecular Hbond substituents is 1. The molecule has 1 aliphatic rings. The first kappa shape index (κ1) is 24.2. The Bertz CT molecular complexity index is 1190. The number of phenols is 1. The molecule has 0 bridgehead atoms. The first-order chi connectivity index (χ1) is 16.4. The molecule has 1 amide bonds. The van der Waals surface area contributed by atoms with Crippen molar-refractivity contribution >= 4 is 39.0 Å². The highest BCUT2D eigenvalue weighted by Gasteiger charge is 2.20. The van der Waals surface area contributed by atoms with E-state index in [9.17, 15) is 14.1 Å². The molecule has 1 atom stereocenters. The normalized spacial score (nSPS) is 15.0. The molecule has 0 spiro atoms. The summed E-state index contributed by atoms with van der Waals surface area (Å²) in [5.74, 6) is 0.850. The smallest absolute Gasteiger partial charge is 0.226 e. The molecule has 1 fully saturated rings. The Hall–Kier alpha value is -2.95. The maximum Gasteiger partial charge on any atom is 0.226 e. The molecule has 0 saturated carbocycles. The molecule has 34 heavy (non-hydrogen) atoms. The van der Waals surface area contributed by atoms with Gasteiger partial charge in [-0.1, -0.05) is 17.4 Å². The minimum absolute atomic E-state index is 0.0426. The molecule has 180 valence electrons. The second kappa shape index (κ2) is 11.0. The third-order valence-corrected chi connectivity index (χ3v) is 7.80. The van der Waals surface area contributed by atoms with Gasteiger partial charge in [-0.2, -0.15) is 0 Å². The molecule has 4 rings (SSSR count). The van der Waals surface area contributed by atoms with E-state index < -0.39 is 11.0 Å². The Morgan fingerprint density at radius 1 is 1.26 bits per heavy atom. The number of nitrogens with zero attached hydrogens (tertiary/aromatic N) is 1. The third-order valence-electron chi connectivity index (χ3n) is 5.54. The SMILES string of the molecule is COc1ccc(-c2sc(NC(=O)CC3CCOCC3)nc2C)cc1S(=O)Nc1cccc(O)c1. The number of benzene rings is 2. The topological polar surface area (TPSA) is 110 Å². The average Bonchev–Trinajstić information content (AvgIpc) is 3.18. The lowest BCUT2D eigenvalue weighted by molar-refractivity contribution is -0.117. The van der Waals surface area contributed by atoms with Crippen molar-refractivity contribution in [2.45, 2.75) is 31.1 Å². The van der Waals surface area contributed by atoms with Gasteiger partial charge in [0, 0.05) is 25.7 Å². The summed E-state index contributed by atoms with van der Waals surface area (Å²) >= 11 is 1.38. The number of hydrogen-bond acceptors (Lipinski definition) is 7. The first-order valence-corrected chi connectivity index (χ1v) is 12.9. The standard InChI is InChI=1S/C24H27N3O5S2/c1-15-23(33-24(25-15)26-22(29)12-16-8-10-32-11-9-16)17-6-7-20(31-2)21(13-17)34(30)27-18-4-3-5-19(28)14-18/h3-7,13-14,16,27-28H,8-12H2,1-2H3,(H,25,26,29). The molecule has 1 saturated heterocycles. The summed E-state index contributed by atoms with van der Waals surface area (Å²) < 4.78 is 26.7. The highest BCUT2D eigenvalue weighted by molar-refractivity contribution is 7.86. The number of thiazole rings is 1. The van der Waals surface area contributed by atoms with Gasteiger partial charge in [0.2, 0.25) is 5.91 Å². The van der Waals surface area contributed by atoms with E-state index in [0.717, 1.165) is 29.0 Å². The van der Waals surface area contributed by atoms with E-state index in [4.69, 9.17) is 9.47 Å². The molecule has 2 aromatic carbocycles. The van der Waals surface area contributed by atoms with Crippen LogP contribution in [0.2, 0.25) is 0 Å². The van der Waals surface area contributed by atoms with Crippen LogP contribution in [0.1, 0.15) is 25.0 Å². The maximum atomic E-state index is 13.1. The van der Waals surface area contributed by atoms with E-state index in [1.807, 2.05) is 13.0 Å². The third kappa shape index (κ3) is 5.94. The number of aromatic nitrogens is 1. The van der Waals surface area contributed by atoms with Crippen molar-refractivity contribution in [3.63, 3.8) is 0 Å². The fourth-order valence-electron chi connectivity index (χ4n) is 3.79. The Morgan fingerprint density at radius 2 is 2.06 bits per heavy atom. The van der Waals surface area contributed by atoms with Gasteiger partial charge in [-0.3, -0.25) is 4.79 Å². The van der Waals surface area contributed by atoms with Gasteiger partial charge >= 0.3 is 0 Å². The quantitative estimate of drug-likeness (QED) is 0.412. The van der Waals surface area contributed by atoms with E-state index in [1.165, 1.54) is 24.5 Å². The number of amides is 1. The van der Waals surface area contributed by atoms with Crippen LogP contribution in [0.4, 0.5) is 10.8 Å². The Balaban J connectivity index is 1.52. The van der Waals surface area contributed by atoms with Gasteiger partial charge in [-0.25, -0.2) is 9.19 Å². The fraction of sp³-hybridized carbons (Fsp3) is 0.333. The molecule has 0 aliphatic carbocycles. The summed E-state index contributed by atoms with van der Waals surface area (Å²) in [5.41, 5.74) is 2.12. The van der Waals surface area contributed by atoms with Crippen molar-refractivity contribution in [3.8, 4) is 21.9 Å². The fourth-order valence-corrected chi connectivity index (χ4v) is 5.79. The minimum atomic E-state index is -1.63. The van der Waals surface area contributed by atoms with E-state index >= 15 is 0 Å². The van der Waals surface area contributed by atoms with Crippen LogP contribution in [0.3, 0.4) is 0 Å². The molecule has 8 nitrogen and oxygen atoms in total. The summed E-state index contributed by atoms with van der Waals surface area (Å²) in [7, 11) is -0.111. The van der Waals surface area contributed by atoms with Gasteiger partial charge in [0.05, 0.1) is 23.4 Å². The zero-order valence-electron chi connectivity index (χ0n) is 19.0. The number of aryl methyl sites for hydroxylation is 1. The second-order valence-electron chi connectivity index (χ2n) is 8.03. The van der Waals surface area contributed by atoms with Crippen molar-refractivity contribution in [1.29, 1.82) is 0 Å². The molecule has 0 radical (unpaired) electrons. The number of aromatic hydroxyl groups is 1. The number of methoxy groups -OCH3 is 1. The van der Waals surface area contributed by atoms with Gasteiger partial charge in [0.15, 0.2) is 16.1 Å². The predicted octanol–water partition coefficient (Wildman–Crippen LogP) is 4.72. The first-order valence-electron chi connectivity index (χ1n) is 10.9. The number of nitrogens with one attached hydrogen (secondary N) is 2. The number of ether oxygens (including phenoxy) is 2. The average molecular weight is 502 g/mol. The zero-order chi connectivity index (χ0) is 24.1. The van der Waals surface area contributed by atoms with E-state index in [1.54, 1.807) is 30.3 Å². The van der Waals surface area contributed by atoms with Gasteiger partial charge in [-0.15, -0.1) is 0 Å². The lowest BCUT2D eigenvalue weighted by atomic mass is 9.96. The van der Waals surface area contributed by atoms with Crippen LogP contribution in [0, 0.1) is 12.8 Å². The van der Waals surface area contributed by atoms with E-state index in [-0.39, 0.29) is 11.7 Å². The zero-order valence-corrected chi connectivity index (χ0v) is 20.6. The predicted molar refractivity (Wildman–Crippen MR) is 134 cm³/mol. The van der Waals surface area contributed by atoms with Crippen LogP contribution in [0.5, 0.6) is 11.5 Å². The molecular formula is C24H27N3O5S2. The van der Waals surface area contributed by atoms with Crippen LogP contribution < -0.4 is 14.8 Å². The molecule has 10 heteroatoms. The molecule has 2 heterocycles. The highest BCUT2D eigenvalue weighted by atomic mass is 32.2. The van der Waals surface area contributed by atoms with Crippen LogP contribution in [0.15, 0.2) is 47.4 Å². The summed E-state index contributed by atoms with van der Waals surface area (Å²) in [6.45, 7) is 3.30. The maximum absolute atomic E-state index is 13.1. The van der Waals surface area contributed by atoms with Gasteiger partial charge in [-0.05, 0) is 61.6 Å². The number of rotatable bonds is 8. The molecule has 3 aromatic rings. The number of carbonyl (C=O) groups is 1. The summed E-state index contributed by atoms with van der Waals surface area (Å²) in [5, 5.41) is 13.1. The Kier molecular flexibility index (Phi) is 7.81. The highest BCUT2D eigenvalue weighted by Crippen LogP contribution is 2.36. The Morgan fingerprint density at radius 3 is 2.79 bits per heavy atom. The minimum Gasteiger partial charge on any atom is -0.508 e. The summed E-state index contributed by atoms with van der Waals surface area (Å²) in [6, 6.07) is 11.9. The molecule has 1 unspecified atom stereocenters.